The number of imide groups is 1. The quantitative estimate of drug-likeness (QED) is 0.436. The number of nitrogens with zero attached hydrogens (tertiary/aromatic N) is 6. The largest absolute Gasteiger partial charge is 0.325 e. The number of Topliss-reactive ketones (excluding diaryl/α,β-unsaturated/α-hetero) is 1. The zero-order valence-electron chi connectivity index (χ0n) is 18.3. The Morgan fingerprint density at radius 1 is 1.09 bits per heavy atom. The number of anilines is 1. The molecule has 0 aliphatic carbocycles. The van der Waals surface area contributed by atoms with Crippen molar-refractivity contribution in [1.29, 1.82) is 0 Å². The number of tetrazole rings is 1. The molecular formula is C23H21N7O4. The average Bonchev–Trinajstić information content (AvgIpc) is 3.57. The minimum atomic E-state index is -1.36. The molecule has 4 amide bonds. The Bertz CT molecular complexity index is 1310. The van der Waals surface area contributed by atoms with Crippen LogP contribution >= 0.6 is 0 Å². The van der Waals surface area contributed by atoms with Crippen molar-refractivity contribution in [3.8, 4) is 5.69 Å². The number of benzene rings is 2. The van der Waals surface area contributed by atoms with E-state index in [0.717, 1.165) is 11.3 Å². The van der Waals surface area contributed by atoms with Crippen molar-refractivity contribution in [3.05, 3.63) is 66.0 Å². The maximum atomic E-state index is 13.3. The summed E-state index contributed by atoms with van der Waals surface area (Å²) in [5.74, 6) is -0.923. The van der Waals surface area contributed by atoms with Crippen LogP contribution in [0.1, 0.15) is 35.7 Å². The second-order valence-corrected chi connectivity index (χ2v) is 8.37. The molecule has 0 bridgehead atoms. The molecule has 0 unspecified atom stereocenters. The maximum Gasteiger partial charge on any atom is 0.325 e. The van der Waals surface area contributed by atoms with Gasteiger partial charge < -0.3 is 10.2 Å². The number of rotatable bonds is 6. The molecule has 2 aromatic carbocycles. The summed E-state index contributed by atoms with van der Waals surface area (Å²) in [5.41, 5.74) is 0.754. The van der Waals surface area contributed by atoms with E-state index in [0.29, 0.717) is 35.5 Å². The van der Waals surface area contributed by atoms with E-state index in [-0.39, 0.29) is 5.91 Å². The van der Waals surface area contributed by atoms with Gasteiger partial charge in [-0.25, -0.2) is 9.48 Å². The highest BCUT2D eigenvalue weighted by atomic mass is 16.2. The minimum Gasteiger partial charge on any atom is -0.319 e. The molecule has 1 atom stereocenters. The summed E-state index contributed by atoms with van der Waals surface area (Å²) in [4.78, 5) is 53.6. The molecule has 11 nitrogen and oxygen atoms in total. The average molecular weight is 459 g/mol. The van der Waals surface area contributed by atoms with Crippen molar-refractivity contribution < 1.29 is 19.2 Å². The molecule has 2 fully saturated rings. The van der Waals surface area contributed by atoms with Crippen LogP contribution in [0.25, 0.3) is 5.69 Å². The second kappa shape index (κ2) is 8.18. The Morgan fingerprint density at radius 3 is 2.62 bits per heavy atom. The molecule has 2 aliphatic rings. The van der Waals surface area contributed by atoms with Crippen molar-refractivity contribution in [2.24, 2.45) is 0 Å². The fourth-order valence-corrected chi connectivity index (χ4v) is 4.28. The highest BCUT2D eigenvalue weighted by Gasteiger charge is 2.49. The fraction of sp³-hybridized carbons (Fsp3) is 0.261. The first-order chi connectivity index (χ1) is 16.4. The van der Waals surface area contributed by atoms with Gasteiger partial charge in [0, 0.05) is 24.2 Å². The summed E-state index contributed by atoms with van der Waals surface area (Å²) in [6.45, 7) is 1.78. The number of hydrogen-bond acceptors (Lipinski definition) is 7. The number of carbonyl (C=O) groups excluding carboxylic acids is 4. The van der Waals surface area contributed by atoms with E-state index in [1.807, 2.05) is 0 Å². The third-order valence-electron chi connectivity index (χ3n) is 6.17. The summed E-state index contributed by atoms with van der Waals surface area (Å²) in [7, 11) is 0. The molecule has 3 heterocycles. The summed E-state index contributed by atoms with van der Waals surface area (Å²) < 4.78 is 1.44. The highest BCUT2D eigenvalue weighted by molar-refractivity contribution is 6.11. The van der Waals surface area contributed by atoms with Crippen LogP contribution in [0.15, 0.2) is 54.9 Å². The fourth-order valence-electron chi connectivity index (χ4n) is 4.28. The molecule has 2 aliphatic heterocycles. The van der Waals surface area contributed by atoms with Crippen molar-refractivity contribution in [2.45, 2.75) is 25.3 Å². The number of hydrogen-bond donors (Lipinski definition) is 1. The molecule has 0 saturated carbocycles. The molecule has 0 radical (unpaired) electrons. The van der Waals surface area contributed by atoms with Gasteiger partial charge in [-0.3, -0.25) is 19.3 Å². The lowest BCUT2D eigenvalue weighted by molar-refractivity contribution is -0.130. The van der Waals surface area contributed by atoms with Crippen LogP contribution in [0.2, 0.25) is 0 Å². The zero-order chi connectivity index (χ0) is 23.9. The van der Waals surface area contributed by atoms with Crippen LogP contribution in [0, 0.1) is 0 Å². The van der Waals surface area contributed by atoms with Crippen molar-refractivity contribution >= 4 is 29.3 Å². The minimum absolute atomic E-state index is 0.0124. The van der Waals surface area contributed by atoms with Gasteiger partial charge in [-0.05, 0) is 53.6 Å². The summed E-state index contributed by atoms with van der Waals surface area (Å²) in [6, 6.07) is 13.0. The third-order valence-corrected chi connectivity index (χ3v) is 6.17. The first-order valence-electron chi connectivity index (χ1n) is 10.8. The Kier molecular flexibility index (Phi) is 5.16. The predicted octanol–water partition coefficient (Wildman–Crippen LogP) is 1.44. The molecule has 11 heteroatoms. The van der Waals surface area contributed by atoms with E-state index in [4.69, 9.17) is 0 Å². The predicted molar refractivity (Wildman–Crippen MR) is 119 cm³/mol. The van der Waals surface area contributed by atoms with Crippen LogP contribution in [-0.2, 0) is 15.1 Å². The molecule has 3 aromatic rings. The first kappa shape index (κ1) is 21.4. The topological polar surface area (TPSA) is 130 Å². The van der Waals surface area contributed by atoms with E-state index in [2.05, 4.69) is 20.8 Å². The van der Waals surface area contributed by atoms with Gasteiger partial charge in [0.05, 0.1) is 12.2 Å². The number of aromatic nitrogens is 4. The molecule has 1 aromatic heterocycles. The Hall–Kier alpha value is -4.41. The zero-order valence-corrected chi connectivity index (χ0v) is 18.3. The molecule has 34 heavy (non-hydrogen) atoms. The third kappa shape index (κ3) is 3.60. The van der Waals surface area contributed by atoms with E-state index < -0.39 is 29.8 Å². The van der Waals surface area contributed by atoms with Crippen LogP contribution < -0.4 is 10.2 Å². The maximum absolute atomic E-state index is 13.3. The van der Waals surface area contributed by atoms with Gasteiger partial charge in [0.1, 0.15) is 11.9 Å². The van der Waals surface area contributed by atoms with Gasteiger partial charge in [-0.1, -0.05) is 24.3 Å². The summed E-state index contributed by atoms with van der Waals surface area (Å²) in [6.07, 6.45) is 2.67. The molecular weight excluding hydrogens is 438 g/mol. The molecule has 2 saturated heterocycles. The number of amides is 4. The van der Waals surface area contributed by atoms with Gasteiger partial charge >= 0.3 is 6.03 Å². The SMILES string of the molecule is C[C@@]1(c2cccc(-n3cnnn3)c2)NC(=O)N(CC(=O)c2cccc(N3CCCC3=O)c2)C1=O. The van der Waals surface area contributed by atoms with E-state index in [9.17, 15) is 19.2 Å². The van der Waals surface area contributed by atoms with Crippen LogP contribution in [0.4, 0.5) is 10.5 Å². The van der Waals surface area contributed by atoms with Crippen molar-refractivity contribution in [3.63, 3.8) is 0 Å². The number of nitrogens with one attached hydrogen (secondary N) is 1. The van der Waals surface area contributed by atoms with Crippen LogP contribution in [-0.4, -0.2) is 61.8 Å². The molecule has 5 rings (SSSR count). The lowest BCUT2D eigenvalue weighted by Crippen LogP contribution is -2.41. The number of ketones is 1. The van der Waals surface area contributed by atoms with Gasteiger partial charge in [0.15, 0.2) is 5.78 Å². The van der Waals surface area contributed by atoms with E-state index in [1.54, 1.807) is 60.4 Å². The van der Waals surface area contributed by atoms with Crippen molar-refractivity contribution in [2.75, 3.05) is 18.0 Å². The Balaban J connectivity index is 1.37. The van der Waals surface area contributed by atoms with Gasteiger partial charge in [0.25, 0.3) is 5.91 Å². The van der Waals surface area contributed by atoms with Gasteiger partial charge in [-0.2, -0.15) is 0 Å². The van der Waals surface area contributed by atoms with Crippen molar-refractivity contribution in [1.82, 2.24) is 30.4 Å². The van der Waals surface area contributed by atoms with Crippen LogP contribution in [0.3, 0.4) is 0 Å². The number of carbonyl (C=O) groups is 4. The summed E-state index contributed by atoms with van der Waals surface area (Å²) in [5, 5.41) is 13.8. The van der Waals surface area contributed by atoms with E-state index >= 15 is 0 Å². The first-order valence-corrected chi connectivity index (χ1v) is 10.8. The van der Waals surface area contributed by atoms with Crippen LogP contribution in [0.5, 0.6) is 0 Å². The molecule has 172 valence electrons. The lowest BCUT2D eigenvalue weighted by Gasteiger charge is -2.22. The normalized spacial score (nSPS) is 20.2. The van der Waals surface area contributed by atoms with E-state index in [1.165, 1.54) is 11.0 Å². The standard InChI is InChI=1S/C23H21N7O4/c1-23(16-6-3-8-18(12-16)30-14-24-26-27-30)21(33)29(22(34)25-23)13-19(31)15-5-2-7-17(11-15)28-10-4-9-20(28)32/h2-3,5-8,11-12,14H,4,9-10,13H2,1H3,(H,25,34)/t23-/m0/s1. The Labute approximate surface area is 194 Å². The summed E-state index contributed by atoms with van der Waals surface area (Å²) >= 11 is 0. The Morgan fingerprint density at radius 2 is 1.88 bits per heavy atom. The smallest absolute Gasteiger partial charge is 0.319 e. The number of urea groups is 1. The highest BCUT2D eigenvalue weighted by Crippen LogP contribution is 2.30. The molecule has 0 spiro atoms. The van der Waals surface area contributed by atoms with Gasteiger partial charge in [0.2, 0.25) is 5.91 Å². The van der Waals surface area contributed by atoms with Gasteiger partial charge in [-0.15, -0.1) is 5.10 Å². The lowest BCUT2D eigenvalue weighted by atomic mass is 9.91. The second-order valence-electron chi connectivity index (χ2n) is 8.37. The molecule has 1 N–H and O–H groups in total. The monoisotopic (exact) mass is 459 g/mol.